The molecule has 0 aliphatic heterocycles. The van der Waals surface area contributed by atoms with Gasteiger partial charge >= 0.3 is 99.2 Å². The van der Waals surface area contributed by atoms with Gasteiger partial charge in [0.1, 0.15) is 0 Å². The van der Waals surface area contributed by atoms with Crippen molar-refractivity contribution in [1.29, 1.82) is 0 Å². The van der Waals surface area contributed by atoms with E-state index in [1.165, 1.54) is 76.8 Å². The first kappa shape index (κ1) is 41.7. The third-order valence-corrected chi connectivity index (χ3v) is 10.3. The number of halogens is 2. The number of benzene rings is 4. The van der Waals surface area contributed by atoms with Crippen LogP contribution >= 0.6 is 0 Å². The molecule has 0 aromatic heterocycles. The summed E-state index contributed by atoms with van der Waals surface area (Å²) in [6.07, 6.45) is 3.80. The first-order valence-corrected chi connectivity index (χ1v) is 18.2. The topological polar surface area (TPSA) is 0 Å². The first-order valence-electron chi connectivity index (χ1n) is 17.0. The van der Waals surface area contributed by atoms with Gasteiger partial charge in [-0.2, -0.15) is 11.1 Å². The Bertz CT molecular complexity index is 1720. The van der Waals surface area contributed by atoms with Crippen LogP contribution in [0.25, 0.3) is 21.5 Å². The van der Waals surface area contributed by atoms with Gasteiger partial charge in [-0.25, -0.2) is 5.57 Å². The van der Waals surface area contributed by atoms with E-state index in [4.69, 9.17) is 0 Å². The standard InChI is InChI=1S/C17H29.C15H13.C13H10.2ClH.Zr/c1-10(2)14-9-15(11(3)4)17(13(7)8)16(14)12(5)6;1-10-3-5-14-12(7-10)9-13-8-11(2)4-6-15(13)14;1-3-7-12(8-4-1)11-13-9-5-2-6-10-13;;;/h10-14H,1-8H3;3-9H,1-2H3;1-10H;2*1H;/q2*-1;;;;+2/p-2. The second-order valence-corrected chi connectivity index (χ2v) is 15.3. The second-order valence-electron chi connectivity index (χ2n) is 14.0. The minimum atomic E-state index is 0. The molecule has 252 valence electrons. The molecule has 48 heavy (non-hydrogen) atoms. The molecule has 5 aromatic carbocycles. The van der Waals surface area contributed by atoms with Gasteiger partial charge in [0.2, 0.25) is 0 Å². The minimum absolute atomic E-state index is 0. The summed E-state index contributed by atoms with van der Waals surface area (Å²) >= 11 is 1.46. The normalized spacial score (nSPS) is 14.0. The Morgan fingerprint density at radius 3 is 1.40 bits per heavy atom. The van der Waals surface area contributed by atoms with E-state index in [0.717, 1.165) is 0 Å². The van der Waals surface area contributed by atoms with E-state index < -0.39 is 0 Å². The third kappa shape index (κ3) is 10.3. The van der Waals surface area contributed by atoms with Crippen LogP contribution in [0.15, 0.2) is 120 Å². The number of fused-ring (bicyclic) bond motifs is 3. The number of rotatable bonds is 6. The summed E-state index contributed by atoms with van der Waals surface area (Å²) in [7, 11) is 0. The van der Waals surface area contributed by atoms with Gasteiger partial charge < -0.3 is 24.8 Å². The molecule has 1 unspecified atom stereocenters. The van der Waals surface area contributed by atoms with Gasteiger partial charge in [0, 0.05) is 0 Å². The fourth-order valence-electron chi connectivity index (χ4n) is 6.60. The molecule has 0 saturated carbocycles. The molecule has 0 spiro atoms. The van der Waals surface area contributed by atoms with E-state index >= 15 is 0 Å². The molecule has 1 aliphatic carbocycles. The zero-order chi connectivity index (χ0) is 33.5. The quantitative estimate of drug-likeness (QED) is 0.176. The van der Waals surface area contributed by atoms with Crippen molar-refractivity contribution in [3.05, 3.63) is 148 Å². The zero-order valence-corrected chi connectivity index (χ0v) is 34.4. The summed E-state index contributed by atoms with van der Waals surface area (Å²) < 4.78 is 1.42. The van der Waals surface area contributed by atoms with Gasteiger partial charge in [0.05, 0.1) is 0 Å². The predicted molar refractivity (Wildman–Crippen MR) is 199 cm³/mol. The molecule has 0 radical (unpaired) electrons. The van der Waals surface area contributed by atoms with E-state index in [-0.39, 0.29) is 24.8 Å². The maximum absolute atomic E-state index is 3.80. The van der Waals surface area contributed by atoms with Gasteiger partial charge in [-0.1, -0.05) is 114 Å². The Hall–Kier alpha value is -2.44. The molecule has 3 heteroatoms. The summed E-state index contributed by atoms with van der Waals surface area (Å²) in [4.78, 5) is 0. The molecule has 0 bridgehead atoms. The van der Waals surface area contributed by atoms with E-state index in [9.17, 15) is 0 Å². The Kier molecular flexibility index (Phi) is 16.6. The van der Waals surface area contributed by atoms with E-state index in [1.54, 1.807) is 11.1 Å². The van der Waals surface area contributed by atoms with Crippen LogP contribution in [0.5, 0.6) is 0 Å². The summed E-state index contributed by atoms with van der Waals surface area (Å²) in [6.45, 7) is 22.8. The fraction of sp³-hybridized carbons (Fsp3) is 0.333. The zero-order valence-electron chi connectivity index (χ0n) is 30.5. The van der Waals surface area contributed by atoms with Gasteiger partial charge in [-0.05, 0) is 19.8 Å². The Balaban J connectivity index is 0.000000246. The summed E-state index contributed by atoms with van der Waals surface area (Å²) in [5.74, 6) is 3.08. The van der Waals surface area contributed by atoms with Crippen LogP contribution in [0.1, 0.15) is 77.6 Å². The maximum atomic E-state index is 3.80. The molecule has 1 atom stereocenters. The molecule has 0 saturated heterocycles. The van der Waals surface area contributed by atoms with Crippen LogP contribution in [0.3, 0.4) is 0 Å². The molecular weight excluding hydrogens is 703 g/mol. The van der Waals surface area contributed by atoms with Crippen molar-refractivity contribution in [3.8, 4) is 0 Å². The number of hydrogen-bond donors (Lipinski definition) is 0. The molecule has 6 rings (SSSR count). The number of allylic oxidation sites excluding steroid dienone is 4. The van der Waals surface area contributed by atoms with E-state index in [0.29, 0.717) is 29.6 Å². The Morgan fingerprint density at radius 1 is 0.604 bits per heavy atom. The van der Waals surface area contributed by atoms with Crippen LogP contribution in [0.4, 0.5) is 0 Å². The van der Waals surface area contributed by atoms with Gasteiger partial charge in [0.25, 0.3) is 0 Å². The average molecular weight is 755 g/mol. The number of aryl methyl sites for hydroxylation is 2. The average Bonchev–Trinajstić information content (AvgIpc) is 3.61. The van der Waals surface area contributed by atoms with Crippen LogP contribution in [0, 0.1) is 49.5 Å². The molecule has 5 aromatic rings. The Labute approximate surface area is 318 Å². The summed E-state index contributed by atoms with van der Waals surface area (Å²) in [5, 5.41) is 5.46. The monoisotopic (exact) mass is 752 g/mol. The van der Waals surface area contributed by atoms with Crippen molar-refractivity contribution in [3.63, 3.8) is 0 Å². The van der Waals surface area contributed by atoms with Crippen molar-refractivity contribution in [2.24, 2.45) is 29.6 Å². The molecule has 0 fully saturated rings. The van der Waals surface area contributed by atoms with Gasteiger partial charge in [0.15, 0.2) is 0 Å². The van der Waals surface area contributed by atoms with E-state index in [2.05, 4.69) is 178 Å². The van der Waals surface area contributed by atoms with Crippen LogP contribution in [0.2, 0.25) is 0 Å². The van der Waals surface area contributed by atoms with Crippen molar-refractivity contribution >= 4 is 24.8 Å². The molecular formula is C45H52Cl2Zr-2. The third-order valence-electron chi connectivity index (χ3n) is 8.83. The fourth-order valence-corrected chi connectivity index (χ4v) is 7.42. The summed E-state index contributed by atoms with van der Waals surface area (Å²) in [6, 6.07) is 36.7. The van der Waals surface area contributed by atoms with Crippen molar-refractivity contribution in [1.82, 2.24) is 0 Å². The Morgan fingerprint density at radius 2 is 1.04 bits per heavy atom. The SMILES string of the molecule is CC(C)C1=[C-]C(C(C)C)C(C(C)C)=C1C(C)C.Cc1ccc2c(c1)[cH-]c1cc(C)ccc12.[Cl-].[Cl-].[Zr+2]=[C](c1ccccc1)c1ccccc1. The molecule has 0 heterocycles. The van der Waals surface area contributed by atoms with Gasteiger partial charge in [-0.3, -0.25) is 6.08 Å². The molecule has 1 aliphatic rings. The van der Waals surface area contributed by atoms with Crippen molar-refractivity contribution < 1.29 is 49.0 Å². The predicted octanol–water partition coefficient (Wildman–Crippen LogP) is 6.41. The van der Waals surface area contributed by atoms with Gasteiger partial charge in [-0.15, -0.1) is 39.7 Å². The second kappa shape index (κ2) is 19.1. The summed E-state index contributed by atoms with van der Waals surface area (Å²) in [5.41, 5.74) is 10.1. The molecule has 0 nitrogen and oxygen atoms in total. The van der Waals surface area contributed by atoms with Crippen molar-refractivity contribution in [2.45, 2.75) is 69.2 Å². The van der Waals surface area contributed by atoms with Crippen LogP contribution in [-0.2, 0) is 24.2 Å². The van der Waals surface area contributed by atoms with Crippen LogP contribution in [-0.4, -0.2) is 3.21 Å². The number of hydrogen-bond acceptors (Lipinski definition) is 0. The van der Waals surface area contributed by atoms with Crippen molar-refractivity contribution in [2.75, 3.05) is 0 Å². The van der Waals surface area contributed by atoms with E-state index in [1.807, 2.05) is 0 Å². The molecule has 0 amide bonds. The van der Waals surface area contributed by atoms with Crippen LogP contribution < -0.4 is 24.8 Å². The molecule has 0 N–H and O–H groups in total. The first-order chi connectivity index (χ1) is 21.9.